The van der Waals surface area contributed by atoms with Crippen LogP contribution >= 0.6 is 0 Å². The molecule has 118 valence electrons. The third kappa shape index (κ3) is 6.59. The zero-order valence-electron chi connectivity index (χ0n) is 12.4. The lowest BCUT2D eigenvalue weighted by Crippen LogP contribution is -2.24. The van der Waals surface area contributed by atoms with Crippen LogP contribution in [0.5, 0.6) is 5.75 Å². The Morgan fingerprint density at radius 3 is 2.29 bits per heavy atom. The molecule has 0 heterocycles. The first-order valence-electron chi connectivity index (χ1n) is 6.41. The van der Waals surface area contributed by atoms with Crippen molar-refractivity contribution >= 4 is 16.1 Å². The molecule has 7 heteroatoms. The van der Waals surface area contributed by atoms with Gasteiger partial charge in [-0.15, -0.1) is 0 Å². The topological polar surface area (TPSA) is 78.9 Å². The number of hydrogen-bond donors (Lipinski definition) is 0. The highest BCUT2D eigenvalue weighted by Gasteiger charge is 2.21. The number of esters is 1. The molecule has 1 aromatic carbocycles. The van der Waals surface area contributed by atoms with Gasteiger partial charge in [0.2, 0.25) is 0 Å². The molecule has 0 aliphatic heterocycles. The first-order valence-corrected chi connectivity index (χ1v) is 8.22. The molecule has 0 N–H and O–H groups in total. The molecule has 1 aromatic rings. The number of methoxy groups -OCH3 is 2. The molecular weight excluding hydrogens is 296 g/mol. The van der Waals surface area contributed by atoms with Crippen LogP contribution in [0.25, 0.3) is 0 Å². The van der Waals surface area contributed by atoms with Crippen molar-refractivity contribution in [3.63, 3.8) is 0 Å². The van der Waals surface area contributed by atoms with Gasteiger partial charge in [-0.3, -0.25) is 8.98 Å². The lowest BCUT2D eigenvalue weighted by molar-refractivity contribution is -0.146. The van der Waals surface area contributed by atoms with E-state index in [4.69, 9.17) is 8.92 Å². The van der Waals surface area contributed by atoms with Crippen LogP contribution in [0.4, 0.5) is 0 Å². The Bertz CT molecular complexity index is 549. The molecule has 6 nitrogen and oxygen atoms in total. The van der Waals surface area contributed by atoms with Gasteiger partial charge in [-0.25, -0.2) is 0 Å². The molecule has 0 aliphatic rings. The van der Waals surface area contributed by atoms with Gasteiger partial charge in [0.15, 0.2) is 0 Å². The van der Waals surface area contributed by atoms with Crippen molar-refractivity contribution in [2.45, 2.75) is 12.8 Å². The third-order valence-corrected chi connectivity index (χ3v) is 3.52. The van der Waals surface area contributed by atoms with Crippen molar-refractivity contribution in [2.24, 2.45) is 5.92 Å². The highest BCUT2D eigenvalue weighted by molar-refractivity contribution is 7.85. The van der Waals surface area contributed by atoms with Crippen LogP contribution in [-0.4, -0.2) is 41.5 Å². The summed E-state index contributed by atoms with van der Waals surface area (Å²) in [7, 11) is -0.722. The quantitative estimate of drug-likeness (QED) is 0.533. The van der Waals surface area contributed by atoms with E-state index in [2.05, 4.69) is 4.74 Å². The summed E-state index contributed by atoms with van der Waals surface area (Å²) in [5, 5.41) is 0. The van der Waals surface area contributed by atoms with Crippen LogP contribution in [0, 0.1) is 5.92 Å². The van der Waals surface area contributed by atoms with Gasteiger partial charge in [0.05, 0.1) is 33.0 Å². The number of benzene rings is 1. The fraction of sp³-hybridized carbons (Fsp3) is 0.500. The number of ether oxygens (including phenoxy) is 2. The third-order valence-electron chi connectivity index (χ3n) is 2.96. The van der Waals surface area contributed by atoms with Crippen LogP contribution in [-0.2, 0) is 30.3 Å². The number of carbonyl (C=O) groups is 1. The molecule has 0 amide bonds. The summed E-state index contributed by atoms with van der Waals surface area (Å²) in [4.78, 5) is 11.6. The normalized spacial score (nSPS) is 12.7. The monoisotopic (exact) mass is 316 g/mol. The summed E-state index contributed by atoms with van der Waals surface area (Å²) in [6, 6.07) is 7.44. The van der Waals surface area contributed by atoms with E-state index in [1.54, 1.807) is 7.11 Å². The van der Waals surface area contributed by atoms with Crippen molar-refractivity contribution in [2.75, 3.05) is 27.1 Å². The summed E-state index contributed by atoms with van der Waals surface area (Å²) >= 11 is 0. The Morgan fingerprint density at radius 1 is 1.19 bits per heavy atom. The summed E-state index contributed by atoms with van der Waals surface area (Å²) in [5.74, 6) is -0.345. The van der Waals surface area contributed by atoms with Gasteiger partial charge in [-0.2, -0.15) is 8.42 Å². The number of carbonyl (C=O) groups excluding carboxylic acids is 1. The Morgan fingerprint density at radius 2 is 1.81 bits per heavy atom. The van der Waals surface area contributed by atoms with Crippen LogP contribution in [0.15, 0.2) is 24.3 Å². The fourth-order valence-corrected chi connectivity index (χ4v) is 2.19. The first-order chi connectivity index (χ1) is 9.85. The zero-order chi connectivity index (χ0) is 15.9. The summed E-state index contributed by atoms with van der Waals surface area (Å²) < 4.78 is 36.4. The molecule has 0 saturated heterocycles. The maximum atomic E-state index is 11.6. The first kappa shape index (κ1) is 17.5. The number of rotatable bonds is 8. The fourth-order valence-electron chi connectivity index (χ4n) is 1.77. The van der Waals surface area contributed by atoms with Crippen LogP contribution in [0.3, 0.4) is 0 Å². The van der Waals surface area contributed by atoms with Gasteiger partial charge in [0.1, 0.15) is 5.75 Å². The van der Waals surface area contributed by atoms with Gasteiger partial charge in [-0.1, -0.05) is 12.1 Å². The number of hydrogen-bond acceptors (Lipinski definition) is 6. The minimum Gasteiger partial charge on any atom is -0.497 e. The Hall–Kier alpha value is -1.60. The summed E-state index contributed by atoms with van der Waals surface area (Å²) in [6.07, 6.45) is 2.00. The molecule has 0 aliphatic carbocycles. The highest BCUT2D eigenvalue weighted by atomic mass is 32.2. The Labute approximate surface area is 125 Å². The standard InChI is InChI=1S/C14H20O6S/c1-18-13-8-5-11(6-9-13)4-7-12(14(15)19-2)10-20-21(3,16)17/h5-6,8-9,12H,4,7,10H2,1-3H3. The largest absolute Gasteiger partial charge is 0.497 e. The molecule has 0 saturated carbocycles. The lowest BCUT2D eigenvalue weighted by Gasteiger charge is -2.14. The van der Waals surface area contributed by atoms with E-state index in [1.165, 1.54) is 7.11 Å². The highest BCUT2D eigenvalue weighted by Crippen LogP contribution is 2.16. The van der Waals surface area contributed by atoms with E-state index in [0.29, 0.717) is 12.8 Å². The second-order valence-electron chi connectivity index (χ2n) is 4.60. The van der Waals surface area contributed by atoms with E-state index in [0.717, 1.165) is 17.6 Å². The molecule has 0 spiro atoms. The van der Waals surface area contributed by atoms with Gasteiger partial charge in [-0.05, 0) is 30.5 Å². The van der Waals surface area contributed by atoms with E-state index in [1.807, 2.05) is 24.3 Å². The van der Waals surface area contributed by atoms with Crippen LogP contribution < -0.4 is 4.74 Å². The molecule has 1 rings (SSSR count). The van der Waals surface area contributed by atoms with E-state index in [-0.39, 0.29) is 6.61 Å². The van der Waals surface area contributed by atoms with Crippen molar-refractivity contribution in [3.8, 4) is 5.75 Å². The van der Waals surface area contributed by atoms with Crippen molar-refractivity contribution in [1.29, 1.82) is 0 Å². The summed E-state index contributed by atoms with van der Waals surface area (Å²) in [6.45, 7) is -0.207. The SMILES string of the molecule is COC(=O)C(CCc1ccc(OC)cc1)COS(C)(=O)=O. The van der Waals surface area contributed by atoms with E-state index in [9.17, 15) is 13.2 Å². The molecule has 1 unspecified atom stereocenters. The molecule has 0 fully saturated rings. The molecule has 0 radical (unpaired) electrons. The molecule has 21 heavy (non-hydrogen) atoms. The minimum absolute atomic E-state index is 0.207. The van der Waals surface area contributed by atoms with Gasteiger partial charge in [0.25, 0.3) is 10.1 Å². The lowest BCUT2D eigenvalue weighted by atomic mass is 10.0. The maximum absolute atomic E-state index is 11.6. The van der Waals surface area contributed by atoms with Crippen molar-refractivity contribution in [1.82, 2.24) is 0 Å². The maximum Gasteiger partial charge on any atom is 0.311 e. The smallest absolute Gasteiger partial charge is 0.311 e. The van der Waals surface area contributed by atoms with E-state index < -0.39 is 22.0 Å². The Kier molecular flexibility index (Phi) is 6.64. The Balaban J connectivity index is 2.61. The van der Waals surface area contributed by atoms with Crippen molar-refractivity contribution in [3.05, 3.63) is 29.8 Å². The second kappa shape index (κ2) is 7.99. The minimum atomic E-state index is -3.58. The molecule has 1 atom stereocenters. The molecule has 0 bridgehead atoms. The molecule has 0 aromatic heterocycles. The summed E-state index contributed by atoms with van der Waals surface area (Å²) in [5.41, 5.74) is 1.02. The average molecular weight is 316 g/mol. The zero-order valence-corrected chi connectivity index (χ0v) is 13.2. The predicted molar refractivity (Wildman–Crippen MR) is 77.6 cm³/mol. The second-order valence-corrected chi connectivity index (χ2v) is 6.24. The van der Waals surface area contributed by atoms with Crippen LogP contribution in [0.1, 0.15) is 12.0 Å². The van der Waals surface area contributed by atoms with Gasteiger partial charge >= 0.3 is 5.97 Å². The average Bonchev–Trinajstić information content (AvgIpc) is 2.46. The van der Waals surface area contributed by atoms with E-state index >= 15 is 0 Å². The predicted octanol–water partition coefficient (Wildman–Crippen LogP) is 1.39. The van der Waals surface area contributed by atoms with Crippen molar-refractivity contribution < 1.29 is 26.9 Å². The van der Waals surface area contributed by atoms with Crippen LogP contribution in [0.2, 0.25) is 0 Å². The number of aryl methyl sites for hydroxylation is 1. The van der Waals surface area contributed by atoms with Gasteiger partial charge < -0.3 is 9.47 Å². The molecular formula is C14H20O6S. The van der Waals surface area contributed by atoms with Gasteiger partial charge in [0, 0.05) is 0 Å².